The monoisotopic (exact) mass is 446 g/mol. The summed E-state index contributed by atoms with van der Waals surface area (Å²) in [5, 5.41) is 2.80. The Labute approximate surface area is 184 Å². The van der Waals surface area contributed by atoms with Gasteiger partial charge in [0, 0.05) is 24.3 Å². The standard InChI is InChI=1S/C23H30N2O5S/c1-4-29-21-13-8-18(15-22(21)30-5-2)23(26)24-19-9-11-20(12-10-19)31(27,28)25-14-6-7-17(3)16-25/h8-13,15,17H,4-7,14,16H2,1-3H3,(H,24,26). The summed E-state index contributed by atoms with van der Waals surface area (Å²) < 4.78 is 38.4. The minimum absolute atomic E-state index is 0.235. The van der Waals surface area contributed by atoms with Gasteiger partial charge in [-0.15, -0.1) is 0 Å². The summed E-state index contributed by atoms with van der Waals surface area (Å²) in [5.74, 6) is 1.14. The van der Waals surface area contributed by atoms with Crippen LogP contribution in [0.25, 0.3) is 0 Å². The van der Waals surface area contributed by atoms with E-state index in [9.17, 15) is 13.2 Å². The molecule has 7 nitrogen and oxygen atoms in total. The summed E-state index contributed by atoms with van der Waals surface area (Å²) >= 11 is 0. The molecule has 2 aromatic rings. The Morgan fingerprint density at radius 1 is 1.06 bits per heavy atom. The average molecular weight is 447 g/mol. The number of sulfonamides is 1. The number of amides is 1. The number of carbonyl (C=O) groups is 1. The minimum atomic E-state index is -3.52. The van der Waals surface area contributed by atoms with Crippen molar-refractivity contribution < 1.29 is 22.7 Å². The molecule has 168 valence electrons. The molecule has 1 aliphatic heterocycles. The highest BCUT2D eigenvalue weighted by Gasteiger charge is 2.28. The number of rotatable bonds is 8. The molecule has 0 bridgehead atoms. The van der Waals surface area contributed by atoms with Gasteiger partial charge in [0.25, 0.3) is 5.91 Å². The van der Waals surface area contributed by atoms with Crippen LogP contribution in [0.4, 0.5) is 5.69 Å². The highest BCUT2D eigenvalue weighted by Crippen LogP contribution is 2.29. The van der Waals surface area contributed by atoms with Gasteiger partial charge in [-0.25, -0.2) is 8.42 Å². The third-order valence-electron chi connectivity index (χ3n) is 5.18. The summed E-state index contributed by atoms with van der Waals surface area (Å²) in [7, 11) is -3.52. The number of piperidine rings is 1. The van der Waals surface area contributed by atoms with Crippen molar-refractivity contribution in [3.8, 4) is 11.5 Å². The third-order valence-corrected chi connectivity index (χ3v) is 7.05. The van der Waals surface area contributed by atoms with Crippen LogP contribution in [0, 0.1) is 5.92 Å². The lowest BCUT2D eigenvalue weighted by Crippen LogP contribution is -2.39. The van der Waals surface area contributed by atoms with Crippen molar-refractivity contribution in [1.82, 2.24) is 4.31 Å². The van der Waals surface area contributed by atoms with Gasteiger partial charge in [0.2, 0.25) is 10.0 Å². The maximum Gasteiger partial charge on any atom is 0.255 e. The molecule has 1 amide bonds. The van der Waals surface area contributed by atoms with Gasteiger partial charge < -0.3 is 14.8 Å². The second-order valence-electron chi connectivity index (χ2n) is 7.62. The number of hydrogen-bond donors (Lipinski definition) is 1. The van der Waals surface area contributed by atoms with Gasteiger partial charge in [-0.05, 0) is 75.1 Å². The number of benzene rings is 2. The van der Waals surface area contributed by atoms with E-state index in [-0.39, 0.29) is 10.8 Å². The Bertz CT molecular complexity index is 1010. The Hall–Kier alpha value is -2.58. The van der Waals surface area contributed by atoms with Gasteiger partial charge in [0.05, 0.1) is 18.1 Å². The summed E-state index contributed by atoms with van der Waals surface area (Å²) in [5.41, 5.74) is 0.939. The van der Waals surface area contributed by atoms with Gasteiger partial charge in [-0.1, -0.05) is 6.92 Å². The average Bonchev–Trinajstić information content (AvgIpc) is 2.75. The number of nitrogens with one attached hydrogen (secondary N) is 1. The number of hydrogen-bond acceptors (Lipinski definition) is 5. The van der Waals surface area contributed by atoms with E-state index in [1.807, 2.05) is 13.8 Å². The summed E-state index contributed by atoms with van der Waals surface area (Å²) in [4.78, 5) is 12.9. The molecular formula is C23H30N2O5S. The lowest BCUT2D eigenvalue weighted by Gasteiger charge is -2.30. The molecule has 1 fully saturated rings. The molecule has 31 heavy (non-hydrogen) atoms. The second-order valence-corrected chi connectivity index (χ2v) is 9.55. The van der Waals surface area contributed by atoms with Crippen LogP contribution < -0.4 is 14.8 Å². The normalized spacial score (nSPS) is 17.2. The molecule has 0 saturated carbocycles. The molecule has 1 N–H and O–H groups in total. The highest BCUT2D eigenvalue weighted by atomic mass is 32.2. The first kappa shape index (κ1) is 23.1. The zero-order chi connectivity index (χ0) is 22.4. The van der Waals surface area contributed by atoms with Crippen molar-refractivity contribution in [1.29, 1.82) is 0 Å². The van der Waals surface area contributed by atoms with Crippen molar-refractivity contribution in [3.63, 3.8) is 0 Å². The van der Waals surface area contributed by atoms with Gasteiger partial charge in [0.1, 0.15) is 0 Å². The number of ether oxygens (including phenoxy) is 2. The summed E-state index contributed by atoms with van der Waals surface area (Å²) in [6, 6.07) is 11.3. The van der Waals surface area contributed by atoms with Crippen LogP contribution in [0.15, 0.2) is 47.4 Å². The van der Waals surface area contributed by atoms with Crippen molar-refractivity contribution in [3.05, 3.63) is 48.0 Å². The third kappa shape index (κ3) is 5.57. The summed E-state index contributed by atoms with van der Waals surface area (Å²) in [6.07, 6.45) is 1.92. The molecule has 0 aliphatic carbocycles. The largest absolute Gasteiger partial charge is 0.490 e. The molecule has 0 radical (unpaired) electrons. The molecule has 2 aromatic carbocycles. The van der Waals surface area contributed by atoms with Crippen molar-refractivity contribution in [2.45, 2.75) is 38.5 Å². The minimum Gasteiger partial charge on any atom is -0.490 e. The molecule has 1 saturated heterocycles. The van der Waals surface area contributed by atoms with E-state index in [1.165, 1.54) is 12.1 Å². The van der Waals surface area contributed by atoms with E-state index in [2.05, 4.69) is 12.2 Å². The molecule has 1 unspecified atom stereocenters. The predicted octanol–water partition coefficient (Wildman–Crippen LogP) is 4.16. The molecule has 0 spiro atoms. The molecule has 1 atom stereocenters. The predicted molar refractivity (Wildman–Crippen MR) is 120 cm³/mol. The zero-order valence-electron chi connectivity index (χ0n) is 18.3. The molecule has 0 aromatic heterocycles. The first-order chi connectivity index (χ1) is 14.8. The number of carbonyl (C=O) groups excluding carboxylic acids is 1. The Morgan fingerprint density at radius 3 is 2.39 bits per heavy atom. The molecule has 1 heterocycles. The van der Waals surface area contributed by atoms with Crippen LogP contribution in [-0.4, -0.2) is 44.9 Å². The lowest BCUT2D eigenvalue weighted by atomic mass is 10.0. The number of anilines is 1. The first-order valence-corrected chi connectivity index (χ1v) is 12.1. The Morgan fingerprint density at radius 2 is 1.74 bits per heavy atom. The van der Waals surface area contributed by atoms with E-state index in [4.69, 9.17) is 9.47 Å². The van der Waals surface area contributed by atoms with Crippen LogP contribution >= 0.6 is 0 Å². The fraction of sp³-hybridized carbons (Fsp3) is 0.435. The zero-order valence-corrected chi connectivity index (χ0v) is 19.1. The second kappa shape index (κ2) is 10.2. The SMILES string of the molecule is CCOc1ccc(C(=O)Nc2ccc(S(=O)(=O)N3CCCC(C)C3)cc2)cc1OCC. The number of nitrogens with zero attached hydrogens (tertiary/aromatic N) is 1. The van der Waals surface area contributed by atoms with E-state index in [0.717, 1.165) is 12.8 Å². The summed E-state index contributed by atoms with van der Waals surface area (Å²) in [6.45, 7) is 7.85. The van der Waals surface area contributed by atoms with Crippen LogP contribution in [0.1, 0.15) is 44.0 Å². The topological polar surface area (TPSA) is 84.9 Å². The van der Waals surface area contributed by atoms with Crippen molar-refractivity contribution in [2.75, 3.05) is 31.6 Å². The van der Waals surface area contributed by atoms with E-state index < -0.39 is 10.0 Å². The van der Waals surface area contributed by atoms with Crippen LogP contribution in [0.2, 0.25) is 0 Å². The van der Waals surface area contributed by atoms with E-state index in [0.29, 0.717) is 55.0 Å². The first-order valence-electron chi connectivity index (χ1n) is 10.7. The van der Waals surface area contributed by atoms with Gasteiger partial charge in [-0.3, -0.25) is 4.79 Å². The van der Waals surface area contributed by atoms with Crippen LogP contribution in [0.3, 0.4) is 0 Å². The van der Waals surface area contributed by atoms with Crippen molar-refractivity contribution in [2.24, 2.45) is 5.92 Å². The Kier molecular flexibility index (Phi) is 7.56. The van der Waals surface area contributed by atoms with E-state index >= 15 is 0 Å². The fourth-order valence-electron chi connectivity index (χ4n) is 3.62. The quantitative estimate of drug-likeness (QED) is 0.658. The smallest absolute Gasteiger partial charge is 0.255 e. The van der Waals surface area contributed by atoms with Gasteiger partial charge in [-0.2, -0.15) is 4.31 Å². The molecule has 3 rings (SSSR count). The molecule has 1 aliphatic rings. The maximum absolute atomic E-state index is 12.9. The highest BCUT2D eigenvalue weighted by molar-refractivity contribution is 7.89. The van der Waals surface area contributed by atoms with E-state index in [1.54, 1.807) is 34.6 Å². The van der Waals surface area contributed by atoms with Crippen LogP contribution in [0.5, 0.6) is 11.5 Å². The van der Waals surface area contributed by atoms with Gasteiger partial charge in [0.15, 0.2) is 11.5 Å². The Balaban J connectivity index is 1.72. The maximum atomic E-state index is 12.9. The van der Waals surface area contributed by atoms with Crippen molar-refractivity contribution >= 4 is 21.6 Å². The molecular weight excluding hydrogens is 416 g/mol. The van der Waals surface area contributed by atoms with Gasteiger partial charge >= 0.3 is 0 Å². The van der Waals surface area contributed by atoms with Crippen LogP contribution in [-0.2, 0) is 10.0 Å². The fourth-order valence-corrected chi connectivity index (χ4v) is 5.22. The lowest BCUT2D eigenvalue weighted by molar-refractivity contribution is 0.102. The molecule has 8 heteroatoms.